The van der Waals surface area contributed by atoms with Gasteiger partial charge in [0.1, 0.15) is 11.9 Å². The van der Waals surface area contributed by atoms with E-state index in [1.165, 1.54) is 6.20 Å². The van der Waals surface area contributed by atoms with Crippen molar-refractivity contribution in [1.82, 2.24) is 4.98 Å². The first kappa shape index (κ1) is 8.34. The lowest BCUT2D eigenvalue weighted by molar-refractivity contribution is 1.19. The van der Waals surface area contributed by atoms with Crippen molar-refractivity contribution in [2.24, 2.45) is 0 Å². The summed E-state index contributed by atoms with van der Waals surface area (Å²) in [7, 11) is 0. The number of nitriles is 1. The van der Waals surface area contributed by atoms with Crippen LogP contribution in [0.15, 0.2) is 12.3 Å². The van der Waals surface area contributed by atoms with Crippen LogP contribution in [0, 0.1) is 11.3 Å². The molecular formula is C8H10N4. The van der Waals surface area contributed by atoms with Crippen LogP contribution in [-0.2, 0) is 0 Å². The van der Waals surface area contributed by atoms with E-state index in [0.717, 1.165) is 12.2 Å². The van der Waals surface area contributed by atoms with E-state index in [2.05, 4.69) is 10.3 Å². The summed E-state index contributed by atoms with van der Waals surface area (Å²) in [5.74, 6) is 0.427. The maximum atomic E-state index is 8.56. The van der Waals surface area contributed by atoms with Crippen LogP contribution in [0.2, 0.25) is 0 Å². The number of nitrogens with zero attached hydrogens (tertiary/aromatic N) is 2. The van der Waals surface area contributed by atoms with E-state index >= 15 is 0 Å². The molecule has 0 amide bonds. The fourth-order valence-corrected chi connectivity index (χ4v) is 0.869. The maximum Gasteiger partial charge on any atom is 0.146 e. The smallest absolute Gasteiger partial charge is 0.146 e. The van der Waals surface area contributed by atoms with Crippen molar-refractivity contribution in [2.75, 3.05) is 17.6 Å². The first-order valence-electron chi connectivity index (χ1n) is 3.67. The molecule has 4 nitrogen and oxygen atoms in total. The highest BCUT2D eigenvalue weighted by Crippen LogP contribution is 2.15. The van der Waals surface area contributed by atoms with E-state index in [1.54, 1.807) is 6.07 Å². The predicted octanol–water partition coefficient (Wildman–Crippen LogP) is 0.967. The van der Waals surface area contributed by atoms with Crippen molar-refractivity contribution in [3.8, 4) is 6.07 Å². The molecule has 0 bridgehead atoms. The largest absolute Gasteiger partial charge is 0.382 e. The lowest BCUT2D eigenvalue weighted by atomic mass is 10.2. The van der Waals surface area contributed by atoms with Crippen LogP contribution >= 0.6 is 0 Å². The molecule has 0 aliphatic heterocycles. The number of aromatic nitrogens is 1. The standard InChI is InChI=1S/C8H10N4/c1-2-11-7-3-6(4-9)5-12-8(7)10/h3,5,11H,2H2,1H3,(H2,10,12). The fourth-order valence-electron chi connectivity index (χ4n) is 0.869. The third-order valence-corrected chi connectivity index (χ3v) is 1.41. The van der Waals surface area contributed by atoms with E-state index < -0.39 is 0 Å². The highest BCUT2D eigenvalue weighted by molar-refractivity contribution is 5.63. The van der Waals surface area contributed by atoms with Gasteiger partial charge < -0.3 is 11.1 Å². The second kappa shape index (κ2) is 3.58. The molecule has 0 aromatic carbocycles. The minimum absolute atomic E-state index is 0.427. The van der Waals surface area contributed by atoms with Crippen LogP contribution in [0.1, 0.15) is 12.5 Å². The molecule has 0 radical (unpaired) electrons. The van der Waals surface area contributed by atoms with E-state index in [0.29, 0.717) is 11.4 Å². The summed E-state index contributed by atoms with van der Waals surface area (Å²) in [6, 6.07) is 3.68. The topological polar surface area (TPSA) is 74.7 Å². The molecule has 1 rings (SSSR count). The Bertz CT molecular complexity index is 313. The van der Waals surface area contributed by atoms with Gasteiger partial charge in [-0.2, -0.15) is 5.26 Å². The molecule has 3 N–H and O–H groups in total. The van der Waals surface area contributed by atoms with Gasteiger partial charge in [-0.3, -0.25) is 0 Å². The minimum Gasteiger partial charge on any atom is -0.382 e. The van der Waals surface area contributed by atoms with Gasteiger partial charge in [0.25, 0.3) is 0 Å². The van der Waals surface area contributed by atoms with Crippen molar-refractivity contribution in [2.45, 2.75) is 6.92 Å². The molecule has 0 spiro atoms. The Hall–Kier alpha value is -1.76. The highest BCUT2D eigenvalue weighted by atomic mass is 14.9. The first-order valence-corrected chi connectivity index (χ1v) is 3.67. The monoisotopic (exact) mass is 162 g/mol. The number of anilines is 2. The van der Waals surface area contributed by atoms with Crippen molar-refractivity contribution in [1.29, 1.82) is 5.26 Å². The average molecular weight is 162 g/mol. The second-order valence-electron chi connectivity index (χ2n) is 2.30. The third kappa shape index (κ3) is 1.64. The van der Waals surface area contributed by atoms with Crippen molar-refractivity contribution in [3.63, 3.8) is 0 Å². The zero-order valence-electron chi connectivity index (χ0n) is 6.83. The Kier molecular flexibility index (Phi) is 2.49. The summed E-state index contributed by atoms with van der Waals surface area (Å²) in [6.45, 7) is 2.72. The fraction of sp³-hybridized carbons (Fsp3) is 0.250. The molecule has 0 aliphatic carbocycles. The summed E-state index contributed by atoms with van der Waals surface area (Å²) in [5, 5.41) is 11.6. The summed E-state index contributed by atoms with van der Waals surface area (Å²) < 4.78 is 0. The van der Waals surface area contributed by atoms with Gasteiger partial charge in [0.05, 0.1) is 11.3 Å². The number of hydrogen-bond acceptors (Lipinski definition) is 4. The first-order chi connectivity index (χ1) is 5.77. The molecule has 12 heavy (non-hydrogen) atoms. The van der Waals surface area contributed by atoms with Crippen LogP contribution in [0.5, 0.6) is 0 Å². The molecule has 62 valence electrons. The number of rotatable bonds is 2. The van der Waals surface area contributed by atoms with Crippen molar-refractivity contribution in [3.05, 3.63) is 17.8 Å². The van der Waals surface area contributed by atoms with Gasteiger partial charge in [0, 0.05) is 12.7 Å². The number of hydrogen-bond donors (Lipinski definition) is 2. The van der Waals surface area contributed by atoms with Crippen molar-refractivity contribution >= 4 is 11.5 Å². The quantitative estimate of drug-likeness (QED) is 0.679. The van der Waals surface area contributed by atoms with Gasteiger partial charge in [0.2, 0.25) is 0 Å². The number of pyridine rings is 1. The molecule has 1 aromatic heterocycles. The van der Waals surface area contributed by atoms with Gasteiger partial charge in [0.15, 0.2) is 0 Å². The molecule has 0 unspecified atom stereocenters. The predicted molar refractivity (Wildman–Crippen MR) is 47.5 cm³/mol. The molecular weight excluding hydrogens is 152 g/mol. The Morgan fingerprint density at radius 3 is 3.08 bits per heavy atom. The van der Waals surface area contributed by atoms with Crippen LogP contribution in [0.3, 0.4) is 0 Å². The minimum atomic E-state index is 0.427. The molecule has 0 saturated heterocycles. The normalized spacial score (nSPS) is 9.00. The van der Waals surface area contributed by atoms with Gasteiger partial charge in [-0.25, -0.2) is 4.98 Å². The lowest BCUT2D eigenvalue weighted by Crippen LogP contribution is -2.02. The molecule has 0 atom stereocenters. The Morgan fingerprint density at radius 1 is 1.75 bits per heavy atom. The number of nitrogen functional groups attached to an aromatic ring is 1. The number of nitrogens with one attached hydrogen (secondary N) is 1. The zero-order valence-corrected chi connectivity index (χ0v) is 6.83. The number of nitrogens with two attached hydrogens (primary N) is 1. The summed E-state index contributed by atoms with van der Waals surface area (Å²) in [4.78, 5) is 3.86. The van der Waals surface area contributed by atoms with Gasteiger partial charge in [-0.15, -0.1) is 0 Å². The van der Waals surface area contributed by atoms with Crippen LogP contribution in [-0.4, -0.2) is 11.5 Å². The van der Waals surface area contributed by atoms with E-state index in [9.17, 15) is 0 Å². The lowest BCUT2D eigenvalue weighted by Gasteiger charge is -2.05. The highest BCUT2D eigenvalue weighted by Gasteiger charge is 1.99. The molecule has 0 fully saturated rings. The molecule has 1 heterocycles. The Balaban J connectivity index is 3.01. The van der Waals surface area contributed by atoms with E-state index in [4.69, 9.17) is 11.0 Å². The van der Waals surface area contributed by atoms with Crippen LogP contribution in [0.25, 0.3) is 0 Å². The summed E-state index contributed by atoms with van der Waals surface area (Å²) in [5.41, 5.74) is 6.78. The van der Waals surface area contributed by atoms with Gasteiger partial charge in [-0.1, -0.05) is 0 Å². The van der Waals surface area contributed by atoms with Crippen LogP contribution < -0.4 is 11.1 Å². The average Bonchev–Trinajstić information content (AvgIpc) is 2.09. The Labute approximate surface area is 71.0 Å². The SMILES string of the molecule is CCNc1cc(C#N)cnc1N. The Morgan fingerprint density at radius 2 is 2.50 bits per heavy atom. The second-order valence-corrected chi connectivity index (χ2v) is 2.30. The van der Waals surface area contributed by atoms with Crippen molar-refractivity contribution < 1.29 is 0 Å². The van der Waals surface area contributed by atoms with E-state index in [-0.39, 0.29) is 0 Å². The molecule has 4 heteroatoms. The molecule has 1 aromatic rings. The van der Waals surface area contributed by atoms with Gasteiger partial charge in [-0.05, 0) is 13.0 Å². The van der Waals surface area contributed by atoms with Gasteiger partial charge >= 0.3 is 0 Å². The summed E-state index contributed by atoms with van der Waals surface area (Å²) in [6.07, 6.45) is 1.45. The third-order valence-electron chi connectivity index (χ3n) is 1.41. The molecule has 0 aliphatic rings. The van der Waals surface area contributed by atoms with E-state index in [1.807, 2.05) is 13.0 Å². The maximum absolute atomic E-state index is 8.56. The molecule has 0 saturated carbocycles. The zero-order chi connectivity index (χ0) is 8.97. The van der Waals surface area contributed by atoms with Crippen LogP contribution in [0.4, 0.5) is 11.5 Å². The summed E-state index contributed by atoms with van der Waals surface area (Å²) >= 11 is 0.